The number of hydrogen-bond acceptors (Lipinski definition) is 4. The minimum absolute atomic E-state index is 0.0959. The number of nitro groups is 1. The number of non-ortho nitro benzene ring substituents is 1. The number of amides is 1. The molecule has 0 bridgehead atoms. The first kappa shape index (κ1) is 21.1. The maximum Gasteiger partial charge on any atom is 0.271 e. The number of nitrogens with zero attached hydrogens (tertiary/aromatic N) is 2. The fourth-order valence-corrected chi connectivity index (χ4v) is 3.89. The van der Waals surface area contributed by atoms with Crippen molar-refractivity contribution in [2.75, 3.05) is 4.90 Å². The van der Waals surface area contributed by atoms with Gasteiger partial charge < -0.3 is 4.90 Å². The van der Waals surface area contributed by atoms with Gasteiger partial charge in [-0.15, -0.1) is 0 Å². The average molecular weight is 430 g/mol. The van der Waals surface area contributed by atoms with E-state index >= 15 is 4.39 Å². The molecule has 3 aromatic rings. The summed E-state index contributed by atoms with van der Waals surface area (Å²) >= 11 is 0. The third-order valence-electron chi connectivity index (χ3n) is 5.49. The number of ketones is 1. The molecule has 1 amide bonds. The van der Waals surface area contributed by atoms with Crippen molar-refractivity contribution in [3.05, 3.63) is 92.8 Å². The molecular weight excluding hydrogens is 411 g/mol. The molecule has 0 atom stereocenters. The highest BCUT2D eigenvalue weighted by Gasteiger charge is 2.23. The number of halogens is 1. The van der Waals surface area contributed by atoms with E-state index in [4.69, 9.17) is 0 Å². The maximum atomic E-state index is 15.1. The van der Waals surface area contributed by atoms with E-state index in [9.17, 15) is 19.7 Å². The summed E-state index contributed by atoms with van der Waals surface area (Å²) in [4.78, 5) is 36.7. The molecule has 0 spiro atoms. The fourth-order valence-electron chi connectivity index (χ4n) is 3.89. The van der Waals surface area contributed by atoms with Crippen molar-refractivity contribution in [3.8, 4) is 11.1 Å². The number of anilines is 1. The lowest BCUT2D eigenvalue weighted by Gasteiger charge is -2.26. The van der Waals surface area contributed by atoms with Crippen LogP contribution in [0.5, 0.6) is 0 Å². The monoisotopic (exact) mass is 430 g/mol. The van der Waals surface area contributed by atoms with Crippen molar-refractivity contribution >= 4 is 35.2 Å². The van der Waals surface area contributed by atoms with Crippen LogP contribution in [0.25, 0.3) is 23.3 Å². The van der Waals surface area contributed by atoms with Crippen LogP contribution in [-0.2, 0) is 11.3 Å². The number of hydrogen-bond donors (Lipinski definition) is 0. The summed E-state index contributed by atoms with van der Waals surface area (Å²) in [5, 5.41) is 11.3. The maximum absolute atomic E-state index is 15.1. The molecule has 0 N–H and O–H groups in total. The van der Waals surface area contributed by atoms with Crippen LogP contribution in [0.2, 0.25) is 0 Å². The minimum Gasteiger partial charge on any atom is -0.307 e. The summed E-state index contributed by atoms with van der Waals surface area (Å²) < 4.78 is 15.1. The lowest BCUT2D eigenvalue weighted by atomic mass is 9.92. The second-order valence-electron chi connectivity index (χ2n) is 7.57. The first-order valence-corrected chi connectivity index (χ1v) is 9.93. The first-order chi connectivity index (χ1) is 15.3. The van der Waals surface area contributed by atoms with Crippen molar-refractivity contribution in [2.45, 2.75) is 20.4 Å². The Morgan fingerprint density at radius 3 is 2.38 bits per heavy atom. The zero-order valence-electron chi connectivity index (χ0n) is 17.5. The molecule has 0 radical (unpaired) electrons. The van der Waals surface area contributed by atoms with E-state index in [0.717, 1.165) is 0 Å². The molecule has 0 fully saturated rings. The third-order valence-corrected chi connectivity index (χ3v) is 5.49. The fraction of sp³-hybridized carbons (Fsp3) is 0.120. The molecule has 0 unspecified atom stereocenters. The van der Waals surface area contributed by atoms with E-state index in [-0.39, 0.29) is 29.5 Å². The van der Waals surface area contributed by atoms with Gasteiger partial charge >= 0.3 is 0 Å². The van der Waals surface area contributed by atoms with E-state index < -0.39 is 10.7 Å². The van der Waals surface area contributed by atoms with Crippen molar-refractivity contribution in [1.29, 1.82) is 0 Å². The molecule has 0 saturated carbocycles. The molecule has 160 valence electrons. The highest BCUT2D eigenvalue weighted by Crippen LogP contribution is 2.35. The predicted octanol–water partition coefficient (Wildman–Crippen LogP) is 5.64. The van der Waals surface area contributed by atoms with Gasteiger partial charge in [-0.3, -0.25) is 19.7 Å². The average Bonchev–Trinajstić information content (AvgIpc) is 2.75. The molecule has 1 aliphatic heterocycles. The molecule has 0 aliphatic carbocycles. The van der Waals surface area contributed by atoms with Crippen LogP contribution in [0.3, 0.4) is 0 Å². The Kier molecular flexibility index (Phi) is 5.40. The van der Waals surface area contributed by atoms with Crippen LogP contribution in [0, 0.1) is 15.9 Å². The molecule has 32 heavy (non-hydrogen) atoms. The van der Waals surface area contributed by atoms with Crippen LogP contribution in [0.1, 0.15) is 40.9 Å². The van der Waals surface area contributed by atoms with Gasteiger partial charge in [0.2, 0.25) is 5.91 Å². The molecular formula is C25H19FN2O4. The zero-order valence-corrected chi connectivity index (χ0v) is 17.5. The third kappa shape index (κ3) is 3.80. The van der Waals surface area contributed by atoms with Crippen molar-refractivity contribution in [2.24, 2.45) is 0 Å². The minimum atomic E-state index is -0.513. The molecule has 1 heterocycles. The number of fused-ring (bicyclic) bond motifs is 2. The Morgan fingerprint density at radius 2 is 1.69 bits per heavy atom. The van der Waals surface area contributed by atoms with Crippen LogP contribution in [-0.4, -0.2) is 16.6 Å². The first-order valence-electron chi connectivity index (χ1n) is 9.93. The molecule has 0 saturated heterocycles. The van der Waals surface area contributed by atoms with Crippen molar-refractivity contribution in [1.82, 2.24) is 0 Å². The summed E-state index contributed by atoms with van der Waals surface area (Å²) in [5.41, 5.74) is 3.26. The lowest BCUT2D eigenvalue weighted by Crippen LogP contribution is -2.29. The van der Waals surface area contributed by atoms with Gasteiger partial charge in [0.25, 0.3) is 5.69 Å². The highest BCUT2D eigenvalue weighted by atomic mass is 19.1. The van der Waals surface area contributed by atoms with E-state index in [0.29, 0.717) is 33.5 Å². The largest absolute Gasteiger partial charge is 0.307 e. The van der Waals surface area contributed by atoms with E-state index in [1.165, 1.54) is 36.9 Å². The van der Waals surface area contributed by atoms with Crippen LogP contribution in [0.15, 0.2) is 54.6 Å². The lowest BCUT2D eigenvalue weighted by molar-refractivity contribution is -0.384. The smallest absolute Gasteiger partial charge is 0.271 e. The molecule has 0 aromatic heterocycles. The zero-order chi connectivity index (χ0) is 23.0. The van der Waals surface area contributed by atoms with Gasteiger partial charge in [-0.1, -0.05) is 36.4 Å². The standard InChI is InChI=1S/C25H19FN2O4/c1-15(29)21-5-3-4-6-22(21)23-11-19-14-27(16(2)30)25-13-20(28(31)32)10-9-17(25)7-8-18(19)12-24(23)26/h3-13H,14H2,1-2H3/b8-7-. The summed E-state index contributed by atoms with van der Waals surface area (Å²) in [6.45, 7) is 2.90. The Bertz CT molecular complexity index is 1310. The topological polar surface area (TPSA) is 80.5 Å². The highest BCUT2D eigenvalue weighted by molar-refractivity contribution is 6.01. The summed E-state index contributed by atoms with van der Waals surface area (Å²) in [6, 6.07) is 14.1. The van der Waals surface area contributed by atoms with Gasteiger partial charge in [-0.25, -0.2) is 4.39 Å². The van der Waals surface area contributed by atoms with Crippen molar-refractivity contribution in [3.63, 3.8) is 0 Å². The number of benzene rings is 3. The molecule has 1 aliphatic rings. The van der Waals surface area contributed by atoms with Gasteiger partial charge in [0.15, 0.2) is 5.78 Å². The summed E-state index contributed by atoms with van der Waals surface area (Å²) in [7, 11) is 0. The van der Waals surface area contributed by atoms with E-state index in [1.807, 2.05) is 0 Å². The Hall–Kier alpha value is -4.13. The normalized spacial score (nSPS) is 13.4. The second kappa shape index (κ2) is 8.19. The van der Waals surface area contributed by atoms with Gasteiger partial charge in [0.1, 0.15) is 5.82 Å². The van der Waals surface area contributed by atoms with E-state index in [1.54, 1.807) is 48.6 Å². The van der Waals surface area contributed by atoms with Crippen molar-refractivity contribution < 1.29 is 18.9 Å². The Morgan fingerprint density at radius 1 is 0.969 bits per heavy atom. The van der Waals surface area contributed by atoms with Gasteiger partial charge in [0, 0.05) is 30.2 Å². The second-order valence-corrected chi connectivity index (χ2v) is 7.57. The Labute approximate surface area is 183 Å². The number of carbonyl (C=O) groups excluding carboxylic acids is 2. The Balaban J connectivity index is 1.90. The summed E-state index contributed by atoms with van der Waals surface area (Å²) in [5.74, 6) is -0.970. The predicted molar refractivity (Wildman–Crippen MR) is 121 cm³/mol. The quantitative estimate of drug-likeness (QED) is 0.306. The SMILES string of the molecule is CC(=O)c1ccccc1-c1cc2c(cc1F)/C=C\c1ccc([N+](=O)[O-])cc1N(C(C)=O)C2. The van der Waals surface area contributed by atoms with E-state index in [2.05, 4.69) is 0 Å². The van der Waals surface area contributed by atoms with Gasteiger partial charge in [-0.2, -0.15) is 0 Å². The van der Waals surface area contributed by atoms with Crippen LogP contribution >= 0.6 is 0 Å². The molecule has 6 nitrogen and oxygen atoms in total. The molecule has 7 heteroatoms. The number of carbonyl (C=O) groups is 2. The molecule has 4 rings (SSSR count). The summed E-state index contributed by atoms with van der Waals surface area (Å²) in [6.07, 6.45) is 3.43. The number of Topliss-reactive ketones (excluding diaryl/α,β-unsaturated/α-hetero) is 1. The van der Waals surface area contributed by atoms with Gasteiger partial charge in [0.05, 0.1) is 17.2 Å². The van der Waals surface area contributed by atoms with Gasteiger partial charge in [-0.05, 0) is 47.4 Å². The number of rotatable bonds is 3. The number of nitro benzene ring substituents is 1. The van der Waals surface area contributed by atoms with Crippen LogP contribution < -0.4 is 4.90 Å². The van der Waals surface area contributed by atoms with Crippen LogP contribution in [0.4, 0.5) is 15.8 Å². The molecule has 3 aromatic carbocycles.